The van der Waals surface area contributed by atoms with Gasteiger partial charge in [-0.05, 0) is 41.8 Å². The topological polar surface area (TPSA) is 49.4 Å². The summed E-state index contributed by atoms with van der Waals surface area (Å²) < 4.78 is 5.25. The molecule has 5 heteroatoms. The molecule has 3 nitrogen and oxygen atoms in total. The van der Waals surface area contributed by atoms with E-state index in [2.05, 4.69) is 28.6 Å². The molecule has 1 atom stereocenters. The number of nitrogens with one attached hydrogen (secondary N) is 1. The number of aromatic amines is 1. The van der Waals surface area contributed by atoms with E-state index in [1.54, 1.807) is 7.11 Å². The molecule has 2 aromatic carbocycles. The molecule has 118 valence electrons. The maximum absolute atomic E-state index is 6.12. The molecule has 1 heterocycles. The van der Waals surface area contributed by atoms with E-state index >= 15 is 0 Å². The highest BCUT2D eigenvalue weighted by Crippen LogP contribution is 2.30. The molecule has 0 saturated carbocycles. The Hall–Kier alpha value is -2.04. The van der Waals surface area contributed by atoms with Gasteiger partial charge in [0.25, 0.3) is 0 Å². The third kappa shape index (κ3) is 3.84. The van der Waals surface area contributed by atoms with Crippen molar-refractivity contribution in [2.24, 2.45) is 0 Å². The maximum atomic E-state index is 6.12. The Kier molecular flexibility index (Phi) is 4.84. The van der Waals surface area contributed by atoms with Crippen molar-refractivity contribution in [2.45, 2.75) is 12.3 Å². The molecular weight excluding hydrogens is 328 g/mol. The van der Waals surface area contributed by atoms with Gasteiger partial charge in [-0.15, -0.1) is 0 Å². The Bertz CT molecular complexity index is 786. The van der Waals surface area contributed by atoms with Crippen LogP contribution in [-0.2, 0) is 6.42 Å². The Morgan fingerprint density at radius 3 is 2.61 bits per heavy atom. The van der Waals surface area contributed by atoms with Gasteiger partial charge in [-0.1, -0.05) is 47.2 Å². The number of benzene rings is 2. The van der Waals surface area contributed by atoms with Gasteiger partial charge in [-0.2, -0.15) is 0 Å². The highest BCUT2D eigenvalue weighted by molar-refractivity contribution is 7.13. The van der Waals surface area contributed by atoms with E-state index in [0.29, 0.717) is 5.13 Å². The Morgan fingerprint density at radius 2 is 2.00 bits per heavy atom. The highest BCUT2D eigenvalue weighted by atomic mass is 35.5. The SMILES string of the molecule is COc1ccc(C(Cc2cccc(Cl)c2)c2csc(N)[nH+]2)cc1. The van der Waals surface area contributed by atoms with Crippen LogP contribution in [0.2, 0.25) is 5.02 Å². The molecule has 1 unspecified atom stereocenters. The van der Waals surface area contributed by atoms with E-state index < -0.39 is 0 Å². The molecule has 1 aromatic heterocycles. The lowest BCUT2D eigenvalue weighted by atomic mass is 9.90. The summed E-state index contributed by atoms with van der Waals surface area (Å²) in [5, 5.41) is 3.55. The molecule has 0 aliphatic heterocycles. The first-order valence-corrected chi connectivity index (χ1v) is 8.56. The first kappa shape index (κ1) is 15.8. The summed E-state index contributed by atoms with van der Waals surface area (Å²) in [7, 11) is 1.67. The van der Waals surface area contributed by atoms with Crippen molar-refractivity contribution in [3.05, 3.63) is 75.8 Å². The van der Waals surface area contributed by atoms with Crippen molar-refractivity contribution < 1.29 is 9.72 Å². The summed E-state index contributed by atoms with van der Waals surface area (Å²) in [6.45, 7) is 0. The number of nitrogens with two attached hydrogens (primary N) is 1. The third-order valence-electron chi connectivity index (χ3n) is 3.80. The third-order valence-corrected chi connectivity index (χ3v) is 4.77. The Balaban J connectivity index is 1.95. The van der Waals surface area contributed by atoms with E-state index in [-0.39, 0.29) is 5.92 Å². The summed E-state index contributed by atoms with van der Waals surface area (Å²) in [6, 6.07) is 16.1. The van der Waals surface area contributed by atoms with E-state index in [9.17, 15) is 0 Å². The smallest absolute Gasteiger partial charge is 0.329 e. The van der Waals surface area contributed by atoms with Crippen LogP contribution < -0.4 is 15.5 Å². The molecule has 3 N–H and O–H groups in total. The fourth-order valence-corrected chi connectivity index (χ4v) is 3.51. The van der Waals surface area contributed by atoms with Crippen LogP contribution in [0.4, 0.5) is 5.13 Å². The number of rotatable bonds is 5. The van der Waals surface area contributed by atoms with Crippen molar-refractivity contribution in [3.8, 4) is 5.75 Å². The van der Waals surface area contributed by atoms with Crippen LogP contribution in [0, 0.1) is 0 Å². The fourth-order valence-electron chi connectivity index (χ4n) is 2.64. The van der Waals surface area contributed by atoms with Gasteiger partial charge in [0.05, 0.1) is 13.0 Å². The fraction of sp³-hybridized carbons (Fsp3) is 0.167. The molecule has 3 aromatic rings. The zero-order chi connectivity index (χ0) is 16.2. The second kappa shape index (κ2) is 7.02. The van der Waals surface area contributed by atoms with Gasteiger partial charge in [0.1, 0.15) is 11.4 Å². The van der Waals surface area contributed by atoms with E-state index in [1.165, 1.54) is 22.5 Å². The molecule has 0 amide bonds. The minimum atomic E-state index is 0.188. The summed E-state index contributed by atoms with van der Waals surface area (Å²) in [6.07, 6.45) is 0.847. The standard InChI is InChI=1S/C18H17ClN2OS/c1-22-15-7-5-13(6-8-15)16(17-11-23-18(20)21-17)10-12-3-2-4-14(19)9-12/h2-9,11,16H,10H2,1H3,(H2,20,21)/p+1. The Labute approximate surface area is 144 Å². The number of hydrogen-bond donors (Lipinski definition) is 1. The van der Waals surface area contributed by atoms with E-state index in [4.69, 9.17) is 22.1 Å². The molecule has 0 aliphatic carbocycles. The molecule has 0 saturated heterocycles. The minimum Gasteiger partial charge on any atom is -0.497 e. The predicted octanol–water partition coefficient (Wildman–Crippen LogP) is 4.18. The zero-order valence-electron chi connectivity index (χ0n) is 12.8. The van der Waals surface area contributed by atoms with Gasteiger partial charge >= 0.3 is 5.13 Å². The summed E-state index contributed by atoms with van der Waals surface area (Å²) in [4.78, 5) is 3.27. The first-order valence-electron chi connectivity index (χ1n) is 7.30. The van der Waals surface area contributed by atoms with Gasteiger partial charge in [-0.3, -0.25) is 5.73 Å². The molecule has 0 aliphatic rings. The van der Waals surface area contributed by atoms with E-state index in [0.717, 1.165) is 22.9 Å². The molecule has 0 radical (unpaired) electrons. The number of anilines is 1. The van der Waals surface area contributed by atoms with Gasteiger partial charge in [0.2, 0.25) is 0 Å². The Morgan fingerprint density at radius 1 is 1.22 bits per heavy atom. The monoisotopic (exact) mass is 345 g/mol. The average molecular weight is 346 g/mol. The van der Waals surface area contributed by atoms with Crippen LogP contribution in [0.15, 0.2) is 53.9 Å². The normalized spacial score (nSPS) is 12.1. The van der Waals surface area contributed by atoms with Crippen LogP contribution in [0.5, 0.6) is 5.75 Å². The summed E-state index contributed by atoms with van der Waals surface area (Å²) in [5.41, 5.74) is 9.39. The molecule has 0 bridgehead atoms. The van der Waals surface area contributed by atoms with Crippen LogP contribution >= 0.6 is 22.9 Å². The minimum absolute atomic E-state index is 0.188. The molecule has 23 heavy (non-hydrogen) atoms. The van der Waals surface area contributed by atoms with Crippen molar-refractivity contribution in [2.75, 3.05) is 12.8 Å². The van der Waals surface area contributed by atoms with Crippen LogP contribution in [0.1, 0.15) is 22.7 Å². The number of nitrogen functional groups attached to an aromatic ring is 1. The second-order valence-corrected chi connectivity index (χ2v) is 6.69. The number of H-pyrrole nitrogens is 1. The van der Waals surface area contributed by atoms with Crippen LogP contribution in [0.3, 0.4) is 0 Å². The lowest BCUT2D eigenvalue weighted by molar-refractivity contribution is -0.368. The number of ether oxygens (including phenoxy) is 1. The van der Waals surface area contributed by atoms with Crippen LogP contribution in [-0.4, -0.2) is 7.11 Å². The van der Waals surface area contributed by atoms with Crippen molar-refractivity contribution >= 4 is 28.1 Å². The van der Waals surface area contributed by atoms with Gasteiger partial charge in [0.15, 0.2) is 0 Å². The molecular formula is C18H18ClN2OS+. The number of hydrogen-bond acceptors (Lipinski definition) is 3. The summed E-state index contributed by atoms with van der Waals surface area (Å²) >= 11 is 7.64. The number of thiazole rings is 1. The number of methoxy groups -OCH3 is 1. The van der Waals surface area contributed by atoms with E-state index in [1.807, 2.05) is 30.3 Å². The van der Waals surface area contributed by atoms with Crippen molar-refractivity contribution in [3.63, 3.8) is 0 Å². The average Bonchev–Trinajstić information content (AvgIpc) is 2.99. The highest BCUT2D eigenvalue weighted by Gasteiger charge is 2.20. The lowest BCUT2D eigenvalue weighted by Gasteiger charge is -2.15. The molecule has 0 fully saturated rings. The van der Waals surface area contributed by atoms with Gasteiger partial charge < -0.3 is 4.74 Å². The van der Waals surface area contributed by atoms with Crippen molar-refractivity contribution in [1.82, 2.24) is 0 Å². The van der Waals surface area contributed by atoms with Gasteiger partial charge in [0, 0.05) is 10.4 Å². The van der Waals surface area contributed by atoms with Gasteiger partial charge in [-0.25, -0.2) is 4.98 Å². The second-order valence-electron chi connectivity index (χ2n) is 5.34. The zero-order valence-corrected chi connectivity index (χ0v) is 14.3. The lowest BCUT2D eigenvalue weighted by Crippen LogP contribution is -2.17. The molecule has 3 rings (SSSR count). The first-order chi connectivity index (χ1) is 11.2. The number of aromatic nitrogens is 1. The quantitative estimate of drug-likeness (QED) is 0.754. The number of halogens is 1. The van der Waals surface area contributed by atoms with Crippen molar-refractivity contribution in [1.29, 1.82) is 0 Å². The summed E-state index contributed by atoms with van der Waals surface area (Å²) in [5.74, 6) is 1.04. The largest absolute Gasteiger partial charge is 0.497 e. The van der Waals surface area contributed by atoms with Crippen LogP contribution in [0.25, 0.3) is 0 Å². The molecule has 0 spiro atoms. The predicted molar refractivity (Wildman–Crippen MR) is 95.3 cm³/mol. The maximum Gasteiger partial charge on any atom is 0.329 e.